The molecule has 0 atom stereocenters. The van der Waals surface area contributed by atoms with Crippen LogP contribution in [0.3, 0.4) is 0 Å². The lowest BCUT2D eigenvalue weighted by Crippen LogP contribution is -2.36. The van der Waals surface area contributed by atoms with Crippen LogP contribution >= 0.6 is 23.5 Å². The van der Waals surface area contributed by atoms with E-state index in [-0.39, 0.29) is 22.9 Å². The van der Waals surface area contributed by atoms with Crippen molar-refractivity contribution in [3.05, 3.63) is 70.4 Å². The van der Waals surface area contributed by atoms with Gasteiger partial charge in [-0.2, -0.15) is 4.37 Å². The molecule has 2 aromatic carbocycles. The van der Waals surface area contributed by atoms with E-state index in [9.17, 15) is 13.2 Å². The van der Waals surface area contributed by atoms with Gasteiger partial charge in [0.25, 0.3) is 0 Å². The quantitative estimate of drug-likeness (QED) is 0.457. The summed E-state index contributed by atoms with van der Waals surface area (Å²) >= 11 is 2.07. The molecule has 29 heavy (non-hydrogen) atoms. The van der Waals surface area contributed by atoms with Gasteiger partial charge in [0.1, 0.15) is 28.2 Å². The topological polar surface area (TPSA) is 40.2 Å². The Hall–Kier alpha value is -2.23. The van der Waals surface area contributed by atoms with Gasteiger partial charge in [-0.05, 0) is 72.8 Å². The maximum atomic E-state index is 14.4. The first-order chi connectivity index (χ1) is 14.1. The van der Waals surface area contributed by atoms with Gasteiger partial charge >= 0.3 is 0 Å². The number of benzene rings is 2. The average Bonchev–Trinajstić information content (AvgIpc) is 3.17. The van der Waals surface area contributed by atoms with Crippen molar-refractivity contribution in [2.45, 2.75) is 24.4 Å². The predicted molar refractivity (Wildman–Crippen MR) is 112 cm³/mol. The highest BCUT2D eigenvalue weighted by Gasteiger charge is 2.18. The summed E-state index contributed by atoms with van der Waals surface area (Å²) < 4.78 is 50.0. The van der Waals surface area contributed by atoms with Gasteiger partial charge in [0, 0.05) is 29.7 Å². The van der Waals surface area contributed by atoms with Crippen LogP contribution in [0, 0.1) is 17.5 Å². The van der Waals surface area contributed by atoms with Crippen LogP contribution in [0.25, 0.3) is 0 Å². The second-order valence-electron chi connectivity index (χ2n) is 6.72. The van der Waals surface area contributed by atoms with Crippen LogP contribution in [-0.2, 0) is 13.1 Å². The molecule has 9 heteroatoms. The molecule has 2 N–H and O–H groups in total. The first kappa shape index (κ1) is 20.1. The fourth-order valence-corrected chi connectivity index (χ4v) is 4.21. The SMILES string of the molecule is Fc1cccc(CN2CCC2)c1CNc1cc(F)c(SNc2ccsn2)c(F)c1. The number of anilines is 2. The fourth-order valence-electron chi connectivity index (χ4n) is 3.05. The third-order valence-corrected chi connectivity index (χ3v) is 6.19. The normalized spacial score (nSPS) is 13.9. The lowest BCUT2D eigenvalue weighted by molar-refractivity contribution is 0.172. The predicted octanol–water partition coefficient (Wildman–Crippen LogP) is 5.50. The number of hydrogen-bond acceptors (Lipinski definition) is 6. The monoisotopic (exact) mass is 436 g/mol. The second kappa shape index (κ2) is 9.06. The fraction of sp³-hybridized carbons (Fsp3) is 0.250. The minimum absolute atomic E-state index is 0.145. The molecule has 3 aromatic rings. The van der Waals surface area contributed by atoms with E-state index >= 15 is 0 Å². The molecule has 0 saturated carbocycles. The first-order valence-electron chi connectivity index (χ1n) is 9.15. The molecular weight excluding hydrogens is 417 g/mol. The molecule has 4 rings (SSSR count). The van der Waals surface area contributed by atoms with Gasteiger partial charge < -0.3 is 10.0 Å². The van der Waals surface area contributed by atoms with Crippen molar-refractivity contribution in [2.24, 2.45) is 0 Å². The van der Waals surface area contributed by atoms with Gasteiger partial charge in [0.05, 0.1) is 0 Å². The van der Waals surface area contributed by atoms with Gasteiger partial charge in [-0.25, -0.2) is 13.2 Å². The zero-order valence-electron chi connectivity index (χ0n) is 15.4. The van der Waals surface area contributed by atoms with Crippen molar-refractivity contribution in [3.63, 3.8) is 0 Å². The zero-order chi connectivity index (χ0) is 20.2. The molecule has 0 amide bonds. The van der Waals surface area contributed by atoms with E-state index in [1.165, 1.54) is 29.7 Å². The van der Waals surface area contributed by atoms with Crippen LogP contribution in [0.1, 0.15) is 17.5 Å². The summed E-state index contributed by atoms with van der Waals surface area (Å²) in [4.78, 5) is 2.09. The van der Waals surface area contributed by atoms with E-state index in [4.69, 9.17) is 0 Å². The number of aromatic nitrogens is 1. The van der Waals surface area contributed by atoms with Crippen LogP contribution in [0.5, 0.6) is 0 Å². The Labute approximate surface area is 175 Å². The standard InChI is InChI=1S/C20H19F3N4S2/c21-16-4-1-3-13(12-27-6-2-7-27)15(16)11-24-14-9-17(22)20(18(23)10-14)29-26-19-5-8-28-25-19/h1,3-5,8-10,24H,2,6-7,11-12H2,(H,25,26). The number of nitrogens with zero attached hydrogens (tertiary/aromatic N) is 2. The van der Waals surface area contributed by atoms with Crippen molar-refractivity contribution in [2.75, 3.05) is 23.1 Å². The molecule has 4 nitrogen and oxygen atoms in total. The zero-order valence-corrected chi connectivity index (χ0v) is 17.1. The third-order valence-electron chi connectivity index (χ3n) is 4.72. The molecule has 0 aliphatic carbocycles. The summed E-state index contributed by atoms with van der Waals surface area (Å²) in [5.74, 6) is -1.18. The number of hydrogen-bond donors (Lipinski definition) is 2. The molecule has 1 aliphatic rings. The maximum Gasteiger partial charge on any atom is 0.149 e. The highest BCUT2D eigenvalue weighted by Crippen LogP contribution is 2.29. The smallest absolute Gasteiger partial charge is 0.149 e. The van der Waals surface area contributed by atoms with Gasteiger partial charge in [0.15, 0.2) is 0 Å². The molecule has 0 bridgehead atoms. The molecular formula is C20H19F3N4S2. The van der Waals surface area contributed by atoms with Gasteiger partial charge in [-0.3, -0.25) is 4.90 Å². The number of likely N-dealkylation sites (tertiary alicyclic amines) is 1. The highest BCUT2D eigenvalue weighted by atomic mass is 32.2. The van der Waals surface area contributed by atoms with Gasteiger partial charge in [0.2, 0.25) is 0 Å². The molecule has 1 fully saturated rings. The molecule has 152 valence electrons. The first-order valence-corrected chi connectivity index (χ1v) is 10.8. The molecule has 1 saturated heterocycles. The van der Waals surface area contributed by atoms with Crippen LogP contribution in [0.15, 0.2) is 46.7 Å². The second-order valence-corrected chi connectivity index (χ2v) is 8.20. The van der Waals surface area contributed by atoms with E-state index in [0.717, 1.165) is 37.0 Å². The molecule has 1 aliphatic heterocycles. The summed E-state index contributed by atoms with van der Waals surface area (Å²) in [6.07, 6.45) is 1.16. The van der Waals surface area contributed by atoms with Crippen LogP contribution in [0.4, 0.5) is 24.7 Å². The molecule has 0 unspecified atom stereocenters. The summed E-state index contributed by atoms with van der Waals surface area (Å²) in [5.41, 5.74) is 1.66. The Morgan fingerprint density at radius 1 is 1.07 bits per heavy atom. The minimum atomic E-state index is -0.699. The minimum Gasteiger partial charge on any atom is -0.381 e. The van der Waals surface area contributed by atoms with E-state index in [0.29, 0.717) is 17.9 Å². The van der Waals surface area contributed by atoms with E-state index in [2.05, 4.69) is 19.3 Å². The summed E-state index contributed by atoms with van der Waals surface area (Å²) in [7, 11) is 0. The van der Waals surface area contributed by atoms with Crippen LogP contribution in [-0.4, -0.2) is 22.4 Å². The van der Waals surface area contributed by atoms with Crippen LogP contribution in [0.2, 0.25) is 0 Å². The Morgan fingerprint density at radius 3 is 2.52 bits per heavy atom. The summed E-state index contributed by atoms with van der Waals surface area (Å²) in [6.45, 7) is 2.84. The molecule has 0 radical (unpaired) electrons. The largest absolute Gasteiger partial charge is 0.381 e. The average molecular weight is 437 g/mol. The van der Waals surface area contributed by atoms with Crippen molar-refractivity contribution in [1.29, 1.82) is 0 Å². The van der Waals surface area contributed by atoms with Crippen molar-refractivity contribution in [1.82, 2.24) is 9.27 Å². The summed E-state index contributed by atoms with van der Waals surface area (Å²) in [6, 6.07) is 9.13. The van der Waals surface area contributed by atoms with E-state index in [1.807, 2.05) is 6.07 Å². The molecule has 2 heterocycles. The Bertz CT molecular complexity index is 955. The van der Waals surface area contributed by atoms with Crippen molar-refractivity contribution >= 4 is 35.0 Å². The Balaban J connectivity index is 1.45. The van der Waals surface area contributed by atoms with Crippen molar-refractivity contribution < 1.29 is 13.2 Å². The highest BCUT2D eigenvalue weighted by molar-refractivity contribution is 8.00. The maximum absolute atomic E-state index is 14.4. The lowest BCUT2D eigenvalue weighted by Gasteiger charge is -2.31. The third kappa shape index (κ3) is 4.85. The Kier molecular flexibility index (Phi) is 6.27. The number of nitrogens with one attached hydrogen (secondary N) is 2. The lowest BCUT2D eigenvalue weighted by atomic mass is 10.0. The number of rotatable bonds is 8. The van der Waals surface area contributed by atoms with Crippen LogP contribution < -0.4 is 10.0 Å². The Morgan fingerprint density at radius 2 is 1.86 bits per heavy atom. The summed E-state index contributed by atoms with van der Waals surface area (Å²) in [5, 5.41) is 4.72. The van der Waals surface area contributed by atoms with Gasteiger partial charge in [-0.1, -0.05) is 12.1 Å². The van der Waals surface area contributed by atoms with Crippen molar-refractivity contribution in [3.8, 4) is 0 Å². The van der Waals surface area contributed by atoms with E-state index in [1.54, 1.807) is 17.5 Å². The number of halogens is 3. The molecule has 1 aromatic heterocycles. The van der Waals surface area contributed by atoms with E-state index < -0.39 is 11.6 Å². The molecule has 0 spiro atoms. The van der Waals surface area contributed by atoms with Gasteiger partial charge in [-0.15, -0.1) is 0 Å².